The maximum absolute atomic E-state index is 13.1. The van der Waals surface area contributed by atoms with Gasteiger partial charge in [-0.15, -0.1) is 0 Å². The summed E-state index contributed by atoms with van der Waals surface area (Å²) in [6.07, 6.45) is -0.0883. The normalized spacial score (nSPS) is 30.9. The summed E-state index contributed by atoms with van der Waals surface area (Å²) in [5.74, 6) is 0. The minimum absolute atomic E-state index is 0.000225. The van der Waals surface area contributed by atoms with Gasteiger partial charge in [-0.3, -0.25) is 27.9 Å². The summed E-state index contributed by atoms with van der Waals surface area (Å²) in [7, 11) is -3.20. The minimum atomic E-state index is -4.27. The molecular weight excluding hydrogens is 591 g/mol. The van der Waals surface area contributed by atoms with Crippen LogP contribution in [0.3, 0.4) is 0 Å². The molecule has 0 bridgehead atoms. The standard InChI is InChI=1S/C27H47N2O13P/c1-4-5-6-7-8-9-10-11-12-38-26-24(33)23(32)22(31)20(42-26)16-40-43(36,37-3)39-15-19-18(30)13-21(41-19)29-14-17(2)25(34)28-27(29)35/h14,18-24,26,30-33H,4-13,15-16H2,1-3H3,(H,28,34,35)/t18-,19+,20+,21+,22+,23-,24+,26+,43?/m0/s1. The van der Waals surface area contributed by atoms with Crippen molar-refractivity contribution in [3.8, 4) is 0 Å². The molecule has 0 radical (unpaired) electrons. The van der Waals surface area contributed by atoms with Gasteiger partial charge in [-0.25, -0.2) is 9.36 Å². The van der Waals surface area contributed by atoms with Crippen LogP contribution in [0.5, 0.6) is 0 Å². The van der Waals surface area contributed by atoms with E-state index in [1.165, 1.54) is 38.8 Å². The molecule has 3 heterocycles. The summed E-state index contributed by atoms with van der Waals surface area (Å²) in [5.41, 5.74) is -0.965. The van der Waals surface area contributed by atoms with Gasteiger partial charge in [-0.1, -0.05) is 51.9 Å². The Balaban J connectivity index is 1.47. The number of aliphatic hydroxyl groups excluding tert-OH is 4. The summed E-state index contributed by atoms with van der Waals surface area (Å²) in [4.78, 5) is 26.0. The van der Waals surface area contributed by atoms with E-state index >= 15 is 0 Å². The fourth-order valence-corrected chi connectivity index (χ4v) is 5.88. The van der Waals surface area contributed by atoms with Crippen LogP contribution < -0.4 is 11.2 Å². The van der Waals surface area contributed by atoms with Crippen molar-refractivity contribution in [1.29, 1.82) is 0 Å². The van der Waals surface area contributed by atoms with Crippen molar-refractivity contribution in [1.82, 2.24) is 9.55 Å². The topological polar surface area (TPSA) is 208 Å². The zero-order valence-corrected chi connectivity index (χ0v) is 25.9. The monoisotopic (exact) mass is 638 g/mol. The number of phosphoric acid groups is 1. The van der Waals surface area contributed by atoms with Gasteiger partial charge in [0.05, 0.1) is 19.3 Å². The number of hydrogen-bond acceptors (Lipinski definition) is 13. The lowest BCUT2D eigenvalue weighted by molar-refractivity contribution is -0.300. The summed E-state index contributed by atoms with van der Waals surface area (Å²) in [5, 5.41) is 41.5. The van der Waals surface area contributed by atoms with Crippen LogP contribution in [-0.4, -0.2) is 99.8 Å². The van der Waals surface area contributed by atoms with E-state index in [0.29, 0.717) is 0 Å². The fraction of sp³-hybridized carbons (Fsp3) is 0.852. The molecule has 43 heavy (non-hydrogen) atoms. The van der Waals surface area contributed by atoms with Gasteiger partial charge in [-0.05, 0) is 13.3 Å². The van der Waals surface area contributed by atoms with Gasteiger partial charge in [0.25, 0.3) is 5.56 Å². The average Bonchev–Trinajstić information content (AvgIpc) is 3.36. The summed E-state index contributed by atoms with van der Waals surface area (Å²) < 4.78 is 46.7. The first-order valence-corrected chi connectivity index (χ1v) is 16.4. The Morgan fingerprint density at radius 1 is 0.930 bits per heavy atom. The van der Waals surface area contributed by atoms with Gasteiger partial charge >= 0.3 is 13.5 Å². The van der Waals surface area contributed by atoms with Gasteiger partial charge < -0.3 is 34.6 Å². The quantitative estimate of drug-likeness (QED) is 0.113. The van der Waals surface area contributed by atoms with Crippen LogP contribution in [-0.2, 0) is 32.3 Å². The SMILES string of the molecule is CCCCCCCCCCO[C@@H]1O[C@H](COP(=O)(OC)OC[C@H]2O[C@@H](n3cc(C)c(=O)[nH]c3=O)C[C@@H]2O)[C@@H](O)[C@H](O)[C@H]1O. The Morgan fingerprint density at radius 3 is 2.21 bits per heavy atom. The van der Waals surface area contributed by atoms with E-state index in [-0.39, 0.29) is 18.6 Å². The first-order chi connectivity index (χ1) is 20.5. The van der Waals surface area contributed by atoms with Crippen LogP contribution in [0.25, 0.3) is 0 Å². The molecule has 2 aliphatic rings. The molecular formula is C27H47N2O13P. The molecule has 248 valence electrons. The summed E-state index contributed by atoms with van der Waals surface area (Å²) in [6.45, 7) is 2.98. The molecule has 3 rings (SSSR count). The second kappa shape index (κ2) is 17.3. The van der Waals surface area contributed by atoms with Crippen LogP contribution in [0.2, 0.25) is 0 Å². The van der Waals surface area contributed by atoms with Gasteiger partial charge in [0.15, 0.2) is 6.29 Å². The molecule has 1 aromatic rings. The van der Waals surface area contributed by atoms with E-state index < -0.39 is 81.4 Å². The first-order valence-electron chi connectivity index (χ1n) is 14.9. The van der Waals surface area contributed by atoms with E-state index in [9.17, 15) is 34.6 Å². The average molecular weight is 639 g/mol. The number of unbranched alkanes of at least 4 members (excludes halogenated alkanes) is 7. The maximum atomic E-state index is 13.1. The fourth-order valence-electron chi connectivity index (χ4n) is 4.94. The van der Waals surface area contributed by atoms with Crippen molar-refractivity contribution < 1.29 is 52.8 Å². The van der Waals surface area contributed by atoms with Crippen LogP contribution in [0.15, 0.2) is 15.8 Å². The van der Waals surface area contributed by atoms with E-state index in [1.807, 2.05) is 0 Å². The number of hydrogen-bond donors (Lipinski definition) is 5. The smallest absolute Gasteiger partial charge is 0.390 e. The number of rotatable bonds is 18. The number of aryl methyl sites for hydroxylation is 1. The third kappa shape index (κ3) is 10.3. The summed E-state index contributed by atoms with van der Waals surface area (Å²) >= 11 is 0. The first kappa shape index (κ1) is 36.0. The Bertz CT molecular complexity index is 1150. The van der Waals surface area contributed by atoms with Crippen molar-refractivity contribution in [3.05, 3.63) is 32.6 Å². The zero-order valence-electron chi connectivity index (χ0n) is 25.0. The number of nitrogens with one attached hydrogen (secondary N) is 1. The zero-order chi connectivity index (χ0) is 31.6. The third-order valence-corrected chi connectivity index (χ3v) is 9.00. The number of aliphatic hydroxyl groups is 4. The van der Waals surface area contributed by atoms with Crippen LogP contribution in [0.4, 0.5) is 0 Å². The van der Waals surface area contributed by atoms with Gasteiger partial charge in [-0.2, -0.15) is 0 Å². The van der Waals surface area contributed by atoms with E-state index in [4.69, 9.17) is 27.8 Å². The number of aromatic nitrogens is 2. The molecule has 0 aromatic carbocycles. The Kier molecular flexibility index (Phi) is 14.5. The highest BCUT2D eigenvalue weighted by Crippen LogP contribution is 2.49. The second-order valence-electron chi connectivity index (χ2n) is 11.0. The van der Waals surface area contributed by atoms with Crippen molar-refractivity contribution in [2.75, 3.05) is 26.9 Å². The molecule has 16 heteroatoms. The van der Waals surface area contributed by atoms with Crippen molar-refractivity contribution >= 4 is 7.82 Å². The molecule has 9 atom stereocenters. The number of ether oxygens (including phenoxy) is 3. The molecule has 0 aliphatic carbocycles. The molecule has 1 aromatic heterocycles. The summed E-state index contributed by atoms with van der Waals surface area (Å²) in [6, 6.07) is 0. The lowest BCUT2D eigenvalue weighted by Gasteiger charge is -2.40. The number of phosphoric ester groups is 1. The number of nitrogens with zero attached hydrogens (tertiary/aromatic N) is 1. The molecule has 5 N–H and O–H groups in total. The second-order valence-corrected chi connectivity index (χ2v) is 12.8. The molecule has 1 unspecified atom stereocenters. The van der Waals surface area contributed by atoms with Crippen molar-refractivity contribution in [3.63, 3.8) is 0 Å². The Hall–Kier alpha value is -1.49. The predicted octanol–water partition coefficient (Wildman–Crippen LogP) is 1.25. The Morgan fingerprint density at radius 2 is 1.56 bits per heavy atom. The minimum Gasteiger partial charge on any atom is -0.390 e. The van der Waals surface area contributed by atoms with Gasteiger partial charge in [0.1, 0.15) is 36.7 Å². The van der Waals surface area contributed by atoms with Crippen LogP contribution in [0, 0.1) is 6.92 Å². The highest BCUT2D eigenvalue weighted by molar-refractivity contribution is 7.48. The van der Waals surface area contributed by atoms with Crippen LogP contribution in [0.1, 0.15) is 76.5 Å². The lowest BCUT2D eigenvalue weighted by atomic mass is 9.99. The number of H-pyrrole nitrogens is 1. The van der Waals surface area contributed by atoms with Crippen LogP contribution >= 0.6 is 7.82 Å². The predicted molar refractivity (Wildman–Crippen MR) is 152 cm³/mol. The lowest BCUT2D eigenvalue weighted by Crippen LogP contribution is -2.59. The van der Waals surface area contributed by atoms with E-state index in [2.05, 4.69) is 11.9 Å². The van der Waals surface area contributed by atoms with E-state index in [1.54, 1.807) is 0 Å². The van der Waals surface area contributed by atoms with Gasteiger partial charge in [0, 0.05) is 31.9 Å². The number of aromatic amines is 1. The molecule has 0 spiro atoms. The van der Waals surface area contributed by atoms with Crippen molar-refractivity contribution in [2.45, 2.75) is 121 Å². The largest absolute Gasteiger partial charge is 0.474 e. The third-order valence-electron chi connectivity index (χ3n) is 7.63. The highest BCUT2D eigenvalue weighted by atomic mass is 31.2. The molecule has 0 saturated carbocycles. The van der Waals surface area contributed by atoms with Gasteiger partial charge in [0.2, 0.25) is 0 Å². The molecule has 2 saturated heterocycles. The molecule has 15 nitrogen and oxygen atoms in total. The highest BCUT2D eigenvalue weighted by Gasteiger charge is 2.46. The Labute approximate surface area is 250 Å². The van der Waals surface area contributed by atoms with E-state index in [0.717, 1.165) is 37.4 Å². The molecule has 2 aliphatic heterocycles. The molecule has 2 fully saturated rings. The van der Waals surface area contributed by atoms with Crippen molar-refractivity contribution in [2.24, 2.45) is 0 Å². The molecule has 0 amide bonds. The maximum Gasteiger partial charge on any atom is 0.474 e.